The minimum atomic E-state index is -1.13. The Morgan fingerprint density at radius 2 is 2.26 bits per heavy atom. The molecule has 104 valence electrons. The lowest BCUT2D eigenvalue weighted by Crippen LogP contribution is -2.29. The fraction of sp³-hybridized carbons (Fsp3) is 0.364. The SMILES string of the molecule is CCCC(Nc1cc(F)c(I)cc1[N+](=O)[O-])C(=O)O. The van der Waals surface area contributed by atoms with Gasteiger partial charge >= 0.3 is 5.97 Å². The number of nitro benzene ring substituents is 1. The van der Waals surface area contributed by atoms with Crippen molar-refractivity contribution in [3.05, 3.63) is 31.6 Å². The van der Waals surface area contributed by atoms with Gasteiger partial charge in [-0.3, -0.25) is 10.1 Å². The number of anilines is 1. The van der Waals surface area contributed by atoms with E-state index in [2.05, 4.69) is 5.32 Å². The molecule has 0 amide bonds. The largest absolute Gasteiger partial charge is 0.480 e. The van der Waals surface area contributed by atoms with E-state index in [-0.39, 0.29) is 14.9 Å². The van der Waals surface area contributed by atoms with Gasteiger partial charge in [0.05, 0.1) is 8.49 Å². The first-order chi connectivity index (χ1) is 8.86. The quantitative estimate of drug-likeness (QED) is 0.448. The van der Waals surface area contributed by atoms with Gasteiger partial charge in [0.25, 0.3) is 5.69 Å². The molecule has 0 radical (unpaired) electrons. The molecule has 0 aliphatic rings. The molecule has 0 fully saturated rings. The van der Waals surface area contributed by atoms with Crippen molar-refractivity contribution in [2.45, 2.75) is 25.8 Å². The smallest absolute Gasteiger partial charge is 0.326 e. The average Bonchev–Trinajstić information content (AvgIpc) is 2.32. The lowest BCUT2D eigenvalue weighted by molar-refractivity contribution is -0.384. The van der Waals surface area contributed by atoms with Crippen molar-refractivity contribution < 1.29 is 19.2 Å². The van der Waals surface area contributed by atoms with Crippen LogP contribution in [0.25, 0.3) is 0 Å². The van der Waals surface area contributed by atoms with Gasteiger partial charge in [-0.05, 0) is 29.0 Å². The zero-order valence-corrected chi connectivity index (χ0v) is 12.2. The van der Waals surface area contributed by atoms with Gasteiger partial charge in [0.15, 0.2) is 0 Å². The second kappa shape index (κ2) is 6.64. The molecule has 8 heteroatoms. The predicted molar refractivity (Wildman–Crippen MR) is 75.7 cm³/mol. The Bertz CT molecular complexity index is 510. The molecule has 1 unspecified atom stereocenters. The lowest BCUT2D eigenvalue weighted by Gasteiger charge is -2.15. The van der Waals surface area contributed by atoms with Gasteiger partial charge in [-0.2, -0.15) is 0 Å². The third kappa shape index (κ3) is 4.01. The second-order valence-corrected chi connectivity index (χ2v) is 5.03. The number of carbonyl (C=O) groups is 1. The Labute approximate surface area is 122 Å². The van der Waals surface area contributed by atoms with E-state index in [1.54, 1.807) is 29.5 Å². The highest BCUT2D eigenvalue weighted by Gasteiger charge is 2.23. The van der Waals surface area contributed by atoms with Crippen LogP contribution in [0.5, 0.6) is 0 Å². The highest BCUT2D eigenvalue weighted by Crippen LogP contribution is 2.29. The predicted octanol–water partition coefficient (Wildman–Crippen LogP) is 3.00. The summed E-state index contributed by atoms with van der Waals surface area (Å²) in [7, 11) is 0. The van der Waals surface area contributed by atoms with E-state index in [4.69, 9.17) is 5.11 Å². The summed E-state index contributed by atoms with van der Waals surface area (Å²) >= 11 is 1.64. The van der Waals surface area contributed by atoms with Gasteiger partial charge < -0.3 is 10.4 Å². The van der Waals surface area contributed by atoms with E-state index >= 15 is 0 Å². The minimum absolute atomic E-state index is 0.109. The first-order valence-corrected chi connectivity index (χ1v) is 6.57. The summed E-state index contributed by atoms with van der Waals surface area (Å²) in [5, 5.41) is 22.4. The zero-order valence-electron chi connectivity index (χ0n) is 10.0. The summed E-state index contributed by atoms with van der Waals surface area (Å²) in [6, 6.07) is 1.04. The highest BCUT2D eigenvalue weighted by atomic mass is 127. The van der Waals surface area contributed by atoms with Crippen LogP contribution >= 0.6 is 22.6 Å². The number of rotatable bonds is 6. The molecule has 1 rings (SSSR count). The number of nitro groups is 1. The van der Waals surface area contributed by atoms with Crippen molar-refractivity contribution >= 4 is 39.9 Å². The molecule has 0 heterocycles. The number of carboxylic acid groups (broad SMARTS) is 1. The molecule has 0 aliphatic carbocycles. The second-order valence-electron chi connectivity index (χ2n) is 3.86. The van der Waals surface area contributed by atoms with Gasteiger partial charge in [-0.1, -0.05) is 13.3 Å². The maximum atomic E-state index is 13.4. The van der Waals surface area contributed by atoms with Crippen molar-refractivity contribution in [1.82, 2.24) is 0 Å². The Kier molecular flexibility index (Phi) is 5.45. The number of hydrogen-bond acceptors (Lipinski definition) is 4. The first kappa shape index (κ1) is 15.6. The standard InChI is InChI=1S/C11H12FIN2O4/c1-2-3-8(11(16)17)14-9-4-6(12)7(13)5-10(9)15(18)19/h4-5,8,14H,2-3H2,1H3,(H,16,17). The molecule has 1 aromatic rings. The first-order valence-electron chi connectivity index (χ1n) is 5.49. The van der Waals surface area contributed by atoms with Crippen LogP contribution in [0.4, 0.5) is 15.8 Å². The molecule has 0 spiro atoms. The molecule has 0 saturated carbocycles. The maximum Gasteiger partial charge on any atom is 0.326 e. The van der Waals surface area contributed by atoms with Crippen LogP contribution < -0.4 is 5.32 Å². The normalized spacial score (nSPS) is 11.9. The van der Waals surface area contributed by atoms with E-state index in [9.17, 15) is 19.3 Å². The van der Waals surface area contributed by atoms with Crippen LogP contribution in [-0.2, 0) is 4.79 Å². The van der Waals surface area contributed by atoms with Crippen molar-refractivity contribution in [3.8, 4) is 0 Å². The van der Waals surface area contributed by atoms with Crippen LogP contribution in [0.2, 0.25) is 0 Å². The molecule has 2 N–H and O–H groups in total. The summed E-state index contributed by atoms with van der Waals surface area (Å²) < 4.78 is 13.6. The summed E-state index contributed by atoms with van der Waals surface area (Å²) in [5.41, 5.74) is -0.461. The van der Waals surface area contributed by atoms with Crippen LogP contribution in [0.1, 0.15) is 19.8 Å². The molecule has 0 aliphatic heterocycles. The number of halogens is 2. The van der Waals surface area contributed by atoms with E-state index in [1.165, 1.54) is 0 Å². The van der Waals surface area contributed by atoms with E-state index in [0.29, 0.717) is 12.8 Å². The fourth-order valence-electron chi connectivity index (χ4n) is 1.54. The molecule has 1 atom stereocenters. The number of carboxylic acids is 1. The molecule has 19 heavy (non-hydrogen) atoms. The van der Waals surface area contributed by atoms with E-state index < -0.39 is 22.8 Å². The lowest BCUT2D eigenvalue weighted by atomic mass is 10.1. The minimum Gasteiger partial charge on any atom is -0.480 e. The van der Waals surface area contributed by atoms with Crippen molar-refractivity contribution in [2.75, 3.05) is 5.32 Å². The van der Waals surface area contributed by atoms with E-state index in [0.717, 1.165) is 12.1 Å². The van der Waals surface area contributed by atoms with Crippen LogP contribution in [-0.4, -0.2) is 22.0 Å². The average molecular weight is 382 g/mol. The summed E-state index contributed by atoms with van der Waals surface area (Å²) in [4.78, 5) is 21.2. The topological polar surface area (TPSA) is 92.5 Å². The number of aliphatic carboxylic acids is 1. The third-order valence-corrected chi connectivity index (χ3v) is 3.27. The van der Waals surface area contributed by atoms with Gasteiger partial charge in [-0.15, -0.1) is 0 Å². The number of hydrogen-bond donors (Lipinski definition) is 2. The zero-order chi connectivity index (χ0) is 14.6. The molecule has 0 aromatic heterocycles. The van der Waals surface area contributed by atoms with Gasteiger partial charge in [0.2, 0.25) is 0 Å². The summed E-state index contributed by atoms with van der Waals surface area (Å²) in [6.07, 6.45) is 0.880. The van der Waals surface area contributed by atoms with Crippen molar-refractivity contribution in [1.29, 1.82) is 0 Å². The van der Waals surface area contributed by atoms with Crippen LogP contribution in [0, 0.1) is 19.5 Å². The molecule has 6 nitrogen and oxygen atoms in total. The van der Waals surface area contributed by atoms with Crippen LogP contribution in [0.3, 0.4) is 0 Å². The number of nitrogens with one attached hydrogen (secondary N) is 1. The molecule has 0 saturated heterocycles. The summed E-state index contributed by atoms with van der Waals surface area (Å²) in [6.45, 7) is 1.79. The van der Waals surface area contributed by atoms with Gasteiger partial charge in [0, 0.05) is 12.1 Å². The third-order valence-electron chi connectivity index (χ3n) is 2.44. The van der Waals surface area contributed by atoms with Gasteiger partial charge in [0.1, 0.15) is 17.5 Å². The Morgan fingerprint density at radius 1 is 1.63 bits per heavy atom. The molecule has 1 aromatic carbocycles. The van der Waals surface area contributed by atoms with E-state index in [1.807, 2.05) is 0 Å². The monoisotopic (exact) mass is 382 g/mol. The maximum absolute atomic E-state index is 13.4. The Hall–Kier alpha value is -1.45. The fourth-order valence-corrected chi connectivity index (χ4v) is 1.99. The molecular weight excluding hydrogens is 370 g/mol. The Balaban J connectivity index is 3.14. The Morgan fingerprint density at radius 3 is 2.74 bits per heavy atom. The van der Waals surface area contributed by atoms with Crippen LogP contribution in [0.15, 0.2) is 12.1 Å². The number of benzene rings is 1. The number of nitrogens with zero attached hydrogens (tertiary/aromatic N) is 1. The van der Waals surface area contributed by atoms with Gasteiger partial charge in [-0.25, -0.2) is 9.18 Å². The highest BCUT2D eigenvalue weighted by molar-refractivity contribution is 14.1. The summed E-state index contributed by atoms with van der Waals surface area (Å²) in [5.74, 6) is -1.76. The molecular formula is C11H12FIN2O4. The van der Waals surface area contributed by atoms with Crippen molar-refractivity contribution in [3.63, 3.8) is 0 Å². The molecule has 0 bridgehead atoms. The van der Waals surface area contributed by atoms with Crippen molar-refractivity contribution in [2.24, 2.45) is 0 Å².